The molecule has 110 valence electrons. The predicted molar refractivity (Wildman–Crippen MR) is 78.9 cm³/mol. The Morgan fingerprint density at radius 1 is 1.20 bits per heavy atom. The van der Waals surface area contributed by atoms with Gasteiger partial charge in [0.1, 0.15) is 0 Å². The number of aryl methyl sites for hydroxylation is 1. The van der Waals surface area contributed by atoms with Gasteiger partial charge in [-0.15, -0.1) is 0 Å². The maximum absolute atomic E-state index is 12.4. The summed E-state index contributed by atoms with van der Waals surface area (Å²) < 4.78 is 0. The maximum atomic E-state index is 12.4. The highest BCUT2D eigenvalue weighted by molar-refractivity contribution is 5.96. The molecule has 1 aromatic carbocycles. The summed E-state index contributed by atoms with van der Waals surface area (Å²) >= 11 is 0. The molecule has 0 fully saturated rings. The van der Waals surface area contributed by atoms with Crippen molar-refractivity contribution in [2.45, 2.75) is 52.5 Å². The molecule has 0 atom stereocenters. The number of rotatable bonds is 6. The third kappa shape index (κ3) is 3.59. The zero-order valence-corrected chi connectivity index (χ0v) is 12.6. The van der Waals surface area contributed by atoms with Crippen LogP contribution in [0.15, 0.2) is 18.2 Å². The van der Waals surface area contributed by atoms with Gasteiger partial charge in [0.25, 0.3) is 5.91 Å². The molecule has 2 N–H and O–H groups in total. The van der Waals surface area contributed by atoms with E-state index in [-0.39, 0.29) is 12.3 Å². The molecule has 0 bridgehead atoms. The second kappa shape index (κ2) is 6.55. The smallest absolute Gasteiger partial charge is 0.305 e. The summed E-state index contributed by atoms with van der Waals surface area (Å²) in [5.41, 5.74) is 1.91. The van der Waals surface area contributed by atoms with E-state index < -0.39 is 11.5 Å². The van der Waals surface area contributed by atoms with Gasteiger partial charge in [0, 0.05) is 5.56 Å². The number of hydrogen-bond donors (Lipinski definition) is 2. The standard InChI is InChI=1S/C16H23NO3/c1-5-16(6-2,10-14(18)19)17-15(20)13-9-7-8-11(3)12(13)4/h7-9H,5-6,10H2,1-4H3,(H,17,20)(H,18,19). The molecule has 4 nitrogen and oxygen atoms in total. The van der Waals surface area contributed by atoms with Crippen molar-refractivity contribution in [2.75, 3.05) is 0 Å². The zero-order valence-electron chi connectivity index (χ0n) is 12.6. The number of aliphatic carboxylic acids is 1. The fourth-order valence-corrected chi connectivity index (χ4v) is 2.32. The molecule has 0 saturated heterocycles. The normalized spacial score (nSPS) is 11.2. The molecule has 0 aliphatic heterocycles. The molecule has 4 heteroatoms. The number of nitrogens with one attached hydrogen (secondary N) is 1. The Hall–Kier alpha value is -1.84. The molecule has 0 spiro atoms. The van der Waals surface area contributed by atoms with Crippen LogP contribution < -0.4 is 5.32 Å². The molecule has 0 radical (unpaired) electrons. The van der Waals surface area contributed by atoms with Crippen molar-refractivity contribution in [2.24, 2.45) is 0 Å². The van der Waals surface area contributed by atoms with Crippen LogP contribution in [0.1, 0.15) is 54.6 Å². The molecule has 0 unspecified atom stereocenters. The van der Waals surface area contributed by atoms with Crippen LogP contribution in [0.5, 0.6) is 0 Å². The Morgan fingerprint density at radius 3 is 2.30 bits per heavy atom. The second-order valence-corrected chi connectivity index (χ2v) is 5.26. The van der Waals surface area contributed by atoms with Gasteiger partial charge in [0.15, 0.2) is 0 Å². The first-order chi connectivity index (χ1) is 9.35. The van der Waals surface area contributed by atoms with Crippen molar-refractivity contribution < 1.29 is 14.7 Å². The Labute approximate surface area is 120 Å². The lowest BCUT2D eigenvalue weighted by molar-refractivity contribution is -0.138. The SMILES string of the molecule is CCC(CC)(CC(=O)O)NC(=O)c1cccc(C)c1C. The van der Waals surface area contributed by atoms with Crippen molar-refractivity contribution in [3.63, 3.8) is 0 Å². The van der Waals surface area contributed by atoms with Gasteiger partial charge in [-0.1, -0.05) is 26.0 Å². The van der Waals surface area contributed by atoms with Gasteiger partial charge in [0.05, 0.1) is 12.0 Å². The van der Waals surface area contributed by atoms with E-state index in [0.29, 0.717) is 18.4 Å². The lowest BCUT2D eigenvalue weighted by atomic mass is 9.88. The number of carboxylic acids is 1. The quantitative estimate of drug-likeness (QED) is 0.839. The van der Waals surface area contributed by atoms with Gasteiger partial charge in [-0.05, 0) is 43.9 Å². The summed E-state index contributed by atoms with van der Waals surface area (Å²) in [6, 6.07) is 5.57. The third-order valence-corrected chi connectivity index (χ3v) is 4.07. The minimum atomic E-state index is -0.894. The van der Waals surface area contributed by atoms with E-state index in [9.17, 15) is 9.59 Å². The van der Waals surface area contributed by atoms with Gasteiger partial charge in [-0.25, -0.2) is 0 Å². The zero-order chi connectivity index (χ0) is 15.3. The van der Waals surface area contributed by atoms with E-state index in [0.717, 1.165) is 11.1 Å². The summed E-state index contributed by atoms with van der Waals surface area (Å²) in [6.07, 6.45) is 1.12. The van der Waals surface area contributed by atoms with E-state index in [1.807, 2.05) is 39.8 Å². The van der Waals surface area contributed by atoms with Crippen LogP contribution in [-0.2, 0) is 4.79 Å². The van der Waals surface area contributed by atoms with Gasteiger partial charge in [-0.3, -0.25) is 9.59 Å². The minimum absolute atomic E-state index is 0.0589. The van der Waals surface area contributed by atoms with Crippen molar-refractivity contribution >= 4 is 11.9 Å². The number of amides is 1. The molecule has 1 amide bonds. The topological polar surface area (TPSA) is 66.4 Å². The van der Waals surface area contributed by atoms with Crippen LogP contribution in [0.4, 0.5) is 0 Å². The largest absolute Gasteiger partial charge is 0.481 e. The first-order valence-corrected chi connectivity index (χ1v) is 6.95. The molecule has 0 aromatic heterocycles. The minimum Gasteiger partial charge on any atom is -0.481 e. The first-order valence-electron chi connectivity index (χ1n) is 6.95. The van der Waals surface area contributed by atoms with E-state index in [2.05, 4.69) is 5.32 Å². The van der Waals surface area contributed by atoms with E-state index in [1.165, 1.54) is 0 Å². The van der Waals surface area contributed by atoms with Crippen molar-refractivity contribution in [1.29, 1.82) is 0 Å². The summed E-state index contributed by atoms with van der Waals surface area (Å²) in [5, 5.41) is 12.0. The molecule has 1 aromatic rings. The highest BCUT2D eigenvalue weighted by atomic mass is 16.4. The lowest BCUT2D eigenvalue weighted by Crippen LogP contribution is -2.49. The summed E-state index contributed by atoms with van der Waals surface area (Å²) in [4.78, 5) is 23.4. The average molecular weight is 277 g/mol. The monoisotopic (exact) mass is 277 g/mol. The molecule has 0 heterocycles. The van der Waals surface area contributed by atoms with Crippen molar-refractivity contribution in [3.05, 3.63) is 34.9 Å². The van der Waals surface area contributed by atoms with Crippen LogP contribution in [-0.4, -0.2) is 22.5 Å². The Balaban J connectivity index is 3.02. The van der Waals surface area contributed by atoms with Gasteiger partial charge >= 0.3 is 5.97 Å². The lowest BCUT2D eigenvalue weighted by Gasteiger charge is -2.31. The summed E-state index contributed by atoms with van der Waals surface area (Å²) in [7, 11) is 0. The van der Waals surface area contributed by atoms with Crippen LogP contribution in [0.25, 0.3) is 0 Å². The summed E-state index contributed by atoms with van der Waals surface area (Å²) in [5.74, 6) is -1.09. The van der Waals surface area contributed by atoms with Crippen LogP contribution in [0, 0.1) is 13.8 Å². The Kier molecular flexibility index (Phi) is 5.31. The molecule has 20 heavy (non-hydrogen) atoms. The fraction of sp³-hybridized carbons (Fsp3) is 0.500. The number of benzene rings is 1. The van der Waals surface area contributed by atoms with E-state index >= 15 is 0 Å². The average Bonchev–Trinajstić information content (AvgIpc) is 2.40. The fourth-order valence-electron chi connectivity index (χ4n) is 2.32. The van der Waals surface area contributed by atoms with Gasteiger partial charge < -0.3 is 10.4 Å². The van der Waals surface area contributed by atoms with Crippen LogP contribution in [0.3, 0.4) is 0 Å². The van der Waals surface area contributed by atoms with Gasteiger partial charge in [0.2, 0.25) is 0 Å². The molecular weight excluding hydrogens is 254 g/mol. The van der Waals surface area contributed by atoms with Crippen molar-refractivity contribution in [3.8, 4) is 0 Å². The van der Waals surface area contributed by atoms with Crippen LogP contribution >= 0.6 is 0 Å². The van der Waals surface area contributed by atoms with Crippen molar-refractivity contribution in [1.82, 2.24) is 5.32 Å². The highest BCUT2D eigenvalue weighted by Gasteiger charge is 2.31. The predicted octanol–water partition coefficient (Wildman–Crippen LogP) is 3.07. The molecule has 0 aliphatic carbocycles. The number of carbonyl (C=O) groups excluding carboxylic acids is 1. The molecular formula is C16H23NO3. The van der Waals surface area contributed by atoms with Crippen LogP contribution in [0.2, 0.25) is 0 Å². The van der Waals surface area contributed by atoms with E-state index in [4.69, 9.17) is 5.11 Å². The Bertz CT molecular complexity index is 504. The summed E-state index contributed by atoms with van der Waals surface area (Å²) in [6.45, 7) is 7.66. The first kappa shape index (κ1) is 16.2. The molecule has 0 aliphatic rings. The highest BCUT2D eigenvalue weighted by Crippen LogP contribution is 2.22. The maximum Gasteiger partial charge on any atom is 0.305 e. The van der Waals surface area contributed by atoms with Gasteiger partial charge in [-0.2, -0.15) is 0 Å². The molecule has 1 rings (SSSR count). The molecule has 0 saturated carbocycles. The number of carbonyl (C=O) groups is 2. The second-order valence-electron chi connectivity index (χ2n) is 5.26. The third-order valence-electron chi connectivity index (χ3n) is 4.07. The number of carboxylic acid groups (broad SMARTS) is 1. The number of hydrogen-bond acceptors (Lipinski definition) is 2. The Morgan fingerprint density at radius 2 is 1.80 bits per heavy atom. The van der Waals surface area contributed by atoms with E-state index in [1.54, 1.807) is 6.07 Å².